The first kappa shape index (κ1) is 16.0. The van der Waals surface area contributed by atoms with E-state index in [1.165, 1.54) is 0 Å². The van der Waals surface area contributed by atoms with Crippen LogP contribution in [0.4, 0.5) is 5.95 Å². The summed E-state index contributed by atoms with van der Waals surface area (Å²) in [5, 5.41) is 17.0. The van der Waals surface area contributed by atoms with Gasteiger partial charge in [0.2, 0.25) is 11.9 Å². The highest BCUT2D eigenvalue weighted by atomic mass is 32.1. The number of benzene rings is 1. The van der Waals surface area contributed by atoms with E-state index in [1.54, 1.807) is 17.5 Å². The molecular formula is C17H18N6OS. The molecule has 1 aromatic carbocycles. The average molecular weight is 354 g/mol. The van der Waals surface area contributed by atoms with E-state index in [1.807, 2.05) is 25.1 Å². The van der Waals surface area contributed by atoms with Crippen molar-refractivity contribution in [3.8, 4) is 10.6 Å². The van der Waals surface area contributed by atoms with Gasteiger partial charge in [-0.15, -0.1) is 10.2 Å². The van der Waals surface area contributed by atoms with E-state index in [-0.39, 0.29) is 11.8 Å². The molecule has 4 rings (SSSR count). The van der Waals surface area contributed by atoms with Crippen molar-refractivity contribution in [1.29, 1.82) is 0 Å². The number of rotatable bonds is 3. The Morgan fingerprint density at radius 3 is 2.88 bits per heavy atom. The van der Waals surface area contributed by atoms with E-state index in [9.17, 15) is 4.79 Å². The third-order valence-electron chi connectivity index (χ3n) is 4.30. The molecule has 0 bridgehead atoms. The number of nitrogens with one attached hydrogen (secondary N) is 2. The Morgan fingerprint density at radius 2 is 2.12 bits per heavy atom. The van der Waals surface area contributed by atoms with Crippen LogP contribution in [0.3, 0.4) is 0 Å². The van der Waals surface area contributed by atoms with Gasteiger partial charge in [-0.2, -0.15) is 0 Å². The molecule has 1 amide bonds. The quantitative estimate of drug-likeness (QED) is 0.750. The van der Waals surface area contributed by atoms with Gasteiger partial charge in [0.05, 0.1) is 5.52 Å². The number of amides is 1. The molecule has 0 spiro atoms. The molecule has 7 nitrogen and oxygen atoms in total. The van der Waals surface area contributed by atoms with Crippen LogP contribution in [0.2, 0.25) is 0 Å². The maximum absolute atomic E-state index is 12.4. The molecule has 128 valence electrons. The highest BCUT2D eigenvalue weighted by molar-refractivity contribution is 7.14. The predicted octanol–water partition coefficient (Wildman–Crippen LogP) is 2.39. The van der Waals surface area contributed by atoms with Gasteiger partial charge < -0.3 is 5.32 Å². The summed E-state index contributed by atoms with van der Waals surface area (Å²) in [6.07, 6.45) is 3.43. The highest BCUT2D eigenvalue weighted by Gasteiger charge is 2.21. The monoisotopic (exact) mass is 354 g/mol. The summed E-state index contributed by atoms with van der Waals surface area (Å²) in [5.41, 5.74) is 1.74. The number of hydrogen-bond donors (Lipinski definition) is 2. The fraction of sp³-hybridized carbons (Fsp3) is 0.353. The number of nitrogens with zero attached hydrogens (tertiary/aromatic N) is 4. The van der Waals surface area contributed by atoms with Gasteiger partial charge in [0.1, 0.15) is 10.0 Å². The van der Waals surface area contributed by atoms with E-state index >= 15 is 0 Å². The van der Waals surface area contributed by atoms with Crippen LogP contribution in [0.15, 0.2) is 24.4 Å². The molecule has 0 saturated carbocycles. The van der Waals surface area contributed by atoms with Crippen LogP contribution in [0, 0.1) is 12.8 Å². The molecule has 25 heavy (non-hydrogen) atoms. The standard InChI is InChI=1S/C17H18N6OS/c1-10-22-23-16(25-10)12-2-3-13-9-19-17(20-14(13)8-12)21-15(24)11-4-6-18-7-5-11/h2-3,8-9,11,18H,4-7H2,1H3,(H,19,20,21,24). The zero-order chi connectivity index (χ0) is 17.2. The van der Waals surface area contributed by atoms with E-state index in [0.29, 0.717) is 5.95 Å². The molecule has 3 aromatic rings. The van der Waals surface area contributed by atoms with Crippen molar-refractivity contribution in [3.05, 3.63) is 29.4 Å². The topological polar surface area (TPSA) is 92.7 Å². The first-order chi connectivity index (χ1) is 12.2. The van der Waals surface area contributed by atoms with Crippen molar-refractivity contribution in [1.82, 2.24) is 25.5 Å². The van der Waals surface area contributed by atoms with Gasteiger partial charge in [0.25, 0.3) is 0 Å². The van der Waals surface area contributed by atoms with Gasteiger partial charge in [-0.05, 0) is 38.9 Å². The Labute approximate surface area is 148 Å². The molecule has 0 unspecified atom stereocenters. The lowest BCUT2D eigenvalue weighted by molar-refractivity contribution is -0.120. The summed E-state index contributed by atoms with van der Waals surface area (Å²) < 4.78 is 0. The molecule has 1 saturated heterocycles. The van der Waals surface area contributed by atoms with Crippen LogP contribution in [0.25, 0.3) is 21.5 Å². The summed E-state index contributed by atoms with van der Waals surface area (Å²) in [4.78, 5) is 21.1. The second-order valence-electron chi connectivity index (χ2n) is 6.11. The van der Waals surface area contributed by atoms with E-state index < -0.39 is 0 Å². The van der Waals surface area contributed by atoms with Crippen LogP contribution in [-0.4, -0.2) is 39.2 Å². The summed E-state index contributed by atoms with van der Waals surface area (Å²) >= 11 is 1.54. The fourth-order valence-corrected chi connectivity index (χ4v) is 3.61. The summed E-state index contributed by atoms with van der Waals surface area (Å²) in [6, 6.07) is 5.90. The number of aryl methyl sites for hydroxylation is 1. The summed E-state index contributed by atoms with van der Waals surface area (Å²) in [7, 11) is 0. The molecule has 1 aliphatic heterocycles. The molecule has 0 atom stereocenters. The second-order valence-corrected chi connectivity index (χ2v) is 7.29. The maximum Gasteiger partial charge on any atom is 0.229 e. The van der Waals surface area contributed by atoms with E-state index in [2.05, 4.69) is 30.8 Å². The molecule has 3 heterocycles. The number of carbonyl (C=O) groups is 1. The van der Waals surface area contributed by atoms with Crippen LogP contribution < -0.4 is 10.6 Å². The highest BCUT2D eigenvalue weighted by Crippen LogP contribution is 2.26. The number of aromatic nitrogens is 4. The average Bonchev–Trinajstić information content (AvgIpc) is 3.08. The fourth-order valence-electron chi connectivity index (χ4n) is 2.93. The molecule has 2 N–H and O–H groups in total. The summed E-state index contributed by atoms with van der Waals surface area (Å²) in [6.45, 7) is 3.68. The zero-order valence-corrected chi connectivity index (χ0v) is 14.6. The molecule has 1 fully saturated rings. The summed E-state index contributed by atoms with van der Waals surface area (Å²) in [5.74, 6) is 0.370. The normalized spacial score (nSPS) is 15.4. The van der Waals surface area contributed by atoms with Gasteiger partial charge in [-0.1, -0.05) is 23.5 Å². The van der Waals surface area contributed by atoms with Crippen LogP contribution >= 0.6 is 11.3 Å². The number of fused-ring (bicyclic) bond motifs is 1. The van der Waals surface area contributed by atoms with Gasteiger partial charge >= 0.3 is 0 Å². The molecule has 0 radical (unpaired) electrons. The minimum atomic E-state index is -0.00301. The smallest absolute Gasteiger partial charge is 0.229 e. The van der Waals surface area contributed by atoms with Crippen LogP contribution in [-0.2, 0) is 4.79 Å². The lowest BCUT2D eigenvalue weighted by atomic mass is 9.97. The first-order valence-corrected chi connectivity index (χ1v) is 9.09. The number of carbonyl (C=O) groups excluding carboxylic acids is 1. The van der Waals surface area contributed by atoms with Gasteiger partial charge in [0.15, 0.2) is 0 Å². The largest absolute Gasteiger partial charge is 0.317 e. The van der Waals surface area contributed by atoms with Crippen molar-refractivity contribution < 1.29 is 4.79 Å². The van der Waals surface area contributed by atoms with Crippen molar-refractivity contribution in [3.63, 3.8) is 0 Å². The second kappa shape index (κ2) is 6.81. The SMILES string of the molecule is Cc1nnc(-c2ccc3cnc(NC(=O)C4CCNCC4)nc3c2)s1. The molecule has 1 aliphatic rings. The molecule has 2 aromatic heterocycles. The van der Waals surface area contributed by atoms with E-state index in [4.69, 9.17) is 0 Å². The van der Waals surface area contributed by atoms with Crippen LogP contribution in [0.5, 0.6) is 0 Å². The number of piperidine rings is 1. The Morgan fingerprint density at radius 1 is 1.28 bits per heavy atom. The van der Waals surface area contributed by atoms with Crippen molar-refractivity contribution in [2.24, 2.45) is 5.92 Å². The van der Waals surface area contributed by atoms with Gasteiger partial charge in [-0.25, -0.2) is 9.97 Å². The minimum absolute atomic E-state index is 0.00301. The lowest BCUT2D eigenvalue weighted by Crippen LogP contribution is -2.34. The Balaban J connectivity index is 1.59. The number of hydrogen-bond acceptors (Lipinski definition) is 7. The van der Waals surface area contributed by atoms with Crippen LogP contribution in [0.1, 0.15) is 17.8 Å². The van der Waals surface area contributed by atoms with Gasteiger partial charge in [0, 0.05) is 23.1 Å². The Kier molecular flexibility index (Phi) is 4.37. The number of anilines is 1. The predicted molar refractivity (Wildman–Crippen MR) is 97.4 cm³/mol. The zero-order valence-electron chi connectivity index (χ0n) is 13.8. The Hall–Kier alpha value is -2.45. The maximum atomic E-state index is 12.4. The first-order valence-electron chi connectivity index (χ1n) is 8.28. The van der Waals surface area contributed by atoms with E-state index in [0.717, 1.165) is 52.4 Å². The third kappa shape index (κ3) is 3.49. The molecular weight excluding hydrogens is 336 g/mol. The lowest BCUT2D eigenvalue weighted by Gasteiger charge is -2.21. The minimum Gasteiger partial charge on any atom is -0.317 e. The van der Waals surface area contributed by atoms with Crippen molar-refractivity contribution >= 4 is 34.1 Å². The molecule has 8 heteroatoms. The van der Waals surface area contributed by atoms with Crippen molar-refractivity contribution in [2.45, 2.75) is 19.8 Å². The van der Waals surface area contributed by atoms with Gasteiger partial charge in [-0.3, -0.25) is 10.1 Å². The third-order valence-corrected chi connectivity index (χ3v) is 5.19. The Bertz CT molecular complexity index is 918. The van der Waals surface area contributed by atoms with Crippen molar-refractivity contribution in [2.75, 3.05) is 18.4 Å². The molecule has 0 aliphatic carbocycles.